The van der Waals surface area contributed by atoms with Gasteiger partial charge in [-0.3, -0.25) is 0 Å². The highest BCUT2D eigenvalue weighted by Crippen LogP contribution is 2.24. The number of nitrogens with one attached hydrogen (secondary N) is 1. The van der Waals surface area contributed by atoms with Crippen molar-refractivity contribution < 1.29 is 17.9 Å². The van der Waals surface area contributed by atoms with Gasteiger partial charge in [-0.1, -0.05) is 0 Å². The topological polar surface area (TPSA) is 88.6 Å². The Morgan fingerprint density at radius 3 is 2.68 bits per heavy atom. The lowest BCUT2D eigenvalue weighted by molar-refractivity contribution is 0.0526. The lowest BCUT2D eigenvalue weighted by Crippen LogP contribution is -2.24. The molecule has 2 heterocycles. The molecule has 2 aromatic rings. The van der Waals surface area contributed by atoms with Crippen LogP contribution in [-0.4, -0.2) is 39.1 Å². The average Bonchev–Trinajstić information content (AvgIpc) is 3.21. The normalized spacial score (nSPS) is 14.3. The molecular weight excluding hydrogens is 446 g/mol. The zero-order valence-electron chi connectivity index (χ0n) is 15.5. The molecule has 1 aliphatic rings. The van der Waals surface area contributed by atoms with Gasteiger partial charge in [-0.15, -0.1) is 0 Å². The van der Waals surface area contributed by atoms with Gasteiger partial charge >= 0.3 is 5.97 Å². The third kappa shape index (κ3) is 4.89. The van der Waals surface area contributed by atoms with E-state index in [1.54, 1.807) is 19.2 Å². The molecule has 0 atom stereocenters. The molecule has 150 valence electrons. The molecule has 1 aliphatic heterocycles. The van der Waals surface area contributed by atoms with Crippen molar-refractivity contribution in [1.82, 2.24) is 9.71 Å². The monoisotopic (exact) mass is 467 g/mol. The number of benzene rings is 1. The number of carbonyl (C=O) groups is 1. The molecule has 1 N–H and O–H groups in total. The molecule has 1 fully saturated rings. The van der Waals surface area contributed by atoms with Gasteiger partial charge in [0.05, 0.1) is 17.1 Å². The number of rotatable bonds is 7. The Balaban J connectivity index is 1.72. The second kappa shape index (κ2) is 9.02. The molecule has 0 spiro atoms. The van der Waals surface area contributed by atoms with Crippen molar-refractivity contribution in [2.45, 2.75) is 31.2 Å². The van der Waals surface area contributed by atoms with Crippen molar-refractivity contribution in [3.8, 4) is 0 Å². The molecule has 28 heavy (non-hydrogen) atoms. The van der Waals surface area contributed by atoms with Crippen LogP contribution in [0.2, 0.25) is 0 Å². The quantitative estimate of drug-likeness (QED) is 0.629. The number of esters is 1. The molecule has 9 heteroatoms. The minimum atomic E-state index is -3.76. The summed E-state index contributed by atoms with van der Waals surface area (Å²) < 4.78 is 33.2. The van der Waals surface area contributed by atoms with E-state index < -0.39 is 16.0 Å². The summed E-state index contributed by atoms with van der Waals surface area (Å²) in [6.07, 6.45) is 3.99. The zero-order valence-corrected chi connectivity index (χ0v) is 17.9. The van der Waals surface area contributed by atoms with E-state index in [0.29, 0.717) is 4.47 Å². The van der Waals surface area contributed by atoms with Gasteiger partial charge in [0.1, 0.15) is 5.82 Å². The highest BCUT2D eigenvalue weighted by atomic mass is 79.9. The van der Waals surface area contributed by atoms with Gasteiger partial charge in [-0.2, -0.15) is 0 Å². The Hall–Kier alpha value is -1.97. The van der Waals surface area contributed by atoms with Crippen LogP contribution >= 0.6 is 15.9 Å². The average molecular weight is 468 g/mol. The smallest absolute Gasteiger partial charge is 0.338 e. The third-order valence-electron chi connectivity index (χ3n) is 4.44. The Labute approximate surface area is 173 Å². The van der Waals surface area contributed by atoms with E-state index in [4.69, 9.17) is 4.74 Å². The van der Waals surface area contributed by atoms with Crippen molar-refractivity contribution >= 4 is 37.7 Å². The van der Waals surface area contributed by atoms with Gasteiger partial charge < -0.3 is 9.64 Å². The largest absolute Gasteiger partial charge is 0.462 e. The molecule has 0 saturated carbocycles. The fraction of sp³-hybridized carbons (Fsp3) is 0.368. The molecule has 0 amide bonds. The minimum absolute atomic E-state index is 0.0642. The van der Waals surface area contributed by atoms with Crippen LogP contribution in [0, 0.1) is 0 Å². The molecule has 0 bridgehead atoms. The number of ether oxygens (including phenoxy) is 1. The van der Waals surface area contributed by atoms with Gasteiger partial charge in [0.25, 0.3) is 0 Å². The van der Waals surface area contributed by atoms with Crippen molar-refractivity contribution in [2.24, 2.45) is 0 Å². The summed E-state index contributed by atoms with van der Waals surface area (Å²) in [6.45, 7) is 4.06. The van der Waals surface area contributed by atoms with E-state index in [2.05, 4.69) is 30.5 Å². The van der Waals surface area contributed by atoms with Crippen LogP contribution in [-0.2, 0) is 21.3 Å². The highest BCUT2D eigenvalue weighted by Gasteiger charge is 2.20. The number of carbonyl (C=O) groups excluding carboxylic acids is 1. The van der Waals surface area contributed by atoms with E-state index in [1.165, 1.54) is 18.2 Å². The first-order valence-electron chi connectivity index (χ1n) is 9.07. The molecule has 0 radical (unpaired) electrons. The van der Waals surface area contributed by atoms with Crippen LogP contribution in [0.3, 0.4) is 0 Å². The number of pyridine rings is 1. The van der Waals surface area contributed by atoms with Crippen molar-refractivity contribution in [3.63, 3.8) is 0 Å². The molecule has 0 aliphatic carbocycles. The van der Waals surface area contributed by atoms with Crippen molar-refractivity contribution in [3.05, 3.63) is 52.1 Å². The first-order valence-corrected chi connectivity index (χ1v) is 11.3. The molecule has 1 aromatic carbocycles. The molecule has 7 nitrogen and oxygen atoms in total. The van der Waals surface area contributed by atoms with Gasteiger partial charge in [-0.25, -0.2) is 22.9 Å². The lowest BCUT2D eigenvalue weighted by atomic mass is 10.2. The Kier molecular flexibility index (Phi) is 6.69. The van der Waals surface area contributed by atoms with Gasteiger partial charge in [0.15, 0.2) is 0 Å². The van der Waals surface area contributed by atoms with Gasteiger partial charge in [-0.05, 0) is 71.6 Å². The molecule has 0 unspecified atom stereocenters. The van der Waals surface area contributed by atoms with Crippen molar-refractivity contribution in [2.75, 3.05) is 24.6 Å². The number of anilines is 1. The van der Waals surface area contributed by atoms with E-state index in [-0.39, 0.29) is 23.6 Å². The summed E-state index contributed by atoms with van der Waals surface area (Å²) in [5, 5.41) is 0. The van der Waals surface area contributed by atoms with Crippen LogP contribution in [0.5, 0.6) is 0 Å². The second-order valence-electron chi connectivity index (χ2n) is 6.41. The number of nitrogens with zero attached hydrogens (tertiary/aromatic N) is 2. The fourth-order valence-corrected chi connectivity index (χ4v) is 5.10. The minimum Gasteiger partial charge on any atom is -0.462 e. The molecule has 3 rings (SSSR count). The zero-order chi connectivity index (χ0) is 20.1. The van der Waals surface area contributed by atoms with Crippen LogP contribution < -0.4 is 9.62 Å². The number of aromatic nitrogens is 1. The number of hydrogen-bond acceptors (Lipinski definition) is 6. The number of sulfonamides is 1. The SMILES string of the molecule is CCOC(=O)c1ccc(S(=O)(=O)NCc2ccnc(N3CCCC3)c2)c(Br)c1. The third-order valence-corrected chi connectivity index (χ3v) is 6.82. The second-order valence-corrected chi connectivity index (χ2v) is 9.00. The Morgan fingerprint density at radius 1 is 1.25 bits per heavy atom. The van der Waals surface area contributed by atoms with E-state index in [1.807, 2.05) is 6.07 Å². The number of halogens is 1. The predicted molar refractivity (Wildman–Crippen MR) is 110 cm³/mol. The summed E-state index contributed by atoms with van der Waals surface area (Å²) in [5.41, 5.74) is 1.12. The highest BCUT2D eigenvalue weighted by molar-refractivity contribution is 9.10. The molecule has 1 saturated heterocycles. The summed E-state index contributed by atoms with van der Waals surface area (Å²) in [6, 6.07) is 7.98. The Morgan fingerprint density at radius 2 is 2.00 bits per heavy atom. The van der Waals surface area contributed by atoms with Crippen LogP contribution in [0.25, 0.3) is 0 Å². The maximum atomic E-state index is 12.7. The number of hydrogen-bond donors (Lipinski definition) is 1. The van der Waals surface area contributed by atoms with Gasteiger partial charge in [0, 0.05) is 30.3 Å². The first kappa shape index (κ1) is 20.8. The first-order chi connectivity index (χ1) is 13.4. The van der Waals surface area contributed by atoms with E-state index >= 15 is 0 Å². The predicted octanol–water partition coefficient (Wildman–Crippen LogP) is 3.10. The summed E-state index contributed by atoms with van der Waals surface area (Å²) in [7, 11) is -3.76. The summed E-state index contributed by atoms with van der Waals surface area (Å²) in [4.78, 5) is 18.4. The Bertz CT molecular complexity index is 959. The maximum absolute atomic E-state index is 12.7. The molecule has 1 aromatic heterocycles. The maximum Gasteiger partial charge on any atom is 0.338 e. The fourth-order valence-electron chi connectivity index (χ4n) is 3.01. The van der Waals surface area contributed by atoms with E-state index in [9.17, 15) is 13.2 Å². The van der Waals surface area contributed by atoms with Crippen molar-refractivity contribution in [1.29, 1.82) is 0 Å². The summed E-state index contributed by atoms with van der Waals surface area (Å²) >= 11 is 3.24. The van der Waals surface area contributed by atoms with Crippen LogP contribution in [0.15, 0.2) is 45.9 Å². The summed E-state index contributed by atoms with van der Waals surface area (Å²) in [5.74, 6) is 0.375. The van der Waals surface area contributed by atoms with Crippen LogP contribution in [0.4, 0.5) is 5.82 Å². The standard InChI is InChI=1S/C19H22BrN3O4S/c1-2-27-19(24)15-5-6-17(16(20)12-15)28(25,26)22-13-14-7-8-21-18(11-14)23-9-3-4-10-23/h5-8,11-12,22H,2-4,9-10,13H2,1H3. The molecular formula is C19H22BrN3O4S. The van der Waals surface area contributed by atoms with E-state index in [0.717, 1.165) is 37.3 Å². The van der Waals surface area contributed by atoms with Gasteiger partial charge in [0.2, 0.25) is 10.0 Å². The van der Waals surface area contributed by atoms with Crippen LogP contribution in [0.1, 0.15) is 35.7 Å². The lowest BCUT2D eigenvalue weighted by Gasteiger charge is -2.17.